The summed E-state index contributed by atoms with van der Waals surface area (Å²) in [5.74, 6) is 0.114. The zero-order valence-electron chi connectivity index (χ0n) is 13.4. The van der Waals surface area contributed by atoms with Crippen LogP contribution < -0.4 is 0 Å². The van der Waals surface area contributed by atoms with E-state index in [1.54, 1.807) is 6.08 Å². The Morgan fingerprint density at radius 3 is 2.57 bits per heavy atom. The van der Waals surface area contributed by atoms with Gasteiger partial charge in [0.2, 0.25) is 0 Å². The molecule has 1 aliphatic heterocycles. The standard InChI is InChI=1S/C19H24ClNO2/c1-2-6-18-19(22)21(16-7-4-3-5-8-16)17(13-23-18)14-9-11-15(20)12-10-14/h2,9-12,16-18H,1,3-8,13H2. The zero-order chi connectivity index (χ0) is 16.2. The number of hydrogen-bond donors (Lipinski definition) is 0. The molecule has 1 saturated carbocycles. The van der Waals surface area contributed by atoms with Crippen molar-refractivity contribution in [3.63, 3.8) is 0 Å². The summed E-state index contributed by atoms with van der Waals surface area (Å²) in [6, 6.07) is 8.10. The summed E-state index contributed by atoms with van der Waals surface area (Å²) < 4.78 is 5.85. The molecule has 1 saturated heterocycles. The summed E-state index contributed by atoms with van der Waals surface area (Å²) >= 11 is 6.01. The number of amides is 1. The van der Waals surface area contributed by atoms with Crippen LogP contribution in [0, 0.1) is 0 Å². The summed E-state index contributed by atoms with van der Waals surface area (Å²) in [6.07, 6.45) is 7.84. The van der Waals surface area contributed by atoms with Gasteiger partial charge in [-0.2, -0.15) is 0 Å². The fourth-order valence-corrected chi connectivity index (χ4v) is 3.86. The lowest BCUT2D eigenvalue weighted by atomic mass is 9.90. The molecule has 2 aliphatic rings. The van der Waals surface area contributed by atoms with Crippen LogP contribution in [-0.4, -0.2) is 29.6 Å². The van der Waals surface area contributed by atoms with Gasteiger partial charge in [0, 0.05) is 17.5 Å². The molecule has 124 valence electrons. The van der Waals surface area contributed by atoms with Crippen LogP contribution in [0.1, 0.15) is 50.1 Å². The molecule has 2 atom stereocenters. The normalized spacial score (nSPS) is 26.3. The predicted octanol–water partition coefficient (Wildman–Crippen LogP) is 4.52. The highest BCUT2D eigenvalue weighted by Gasteiger charge is 2.40. The summed E-state index contributed by atoms with van der Waals surface area (Å²) in [4.78, 5) is 15.1. The highest BCUT2D eigenvalue weighted by atomic mass is 35.5. The largest absolute Gasteiger partial charge is 0.366 e. The Morgan fingerprint density at radius 2 is 1.91 bits per heavy atom. The Kier molecular flexibility index (Phi) is 5.39. The molecule has 1 heterocycles. The molecular weight excluding hydrogens is 310 g/mol. The monoisotopic (exact) mass is 333 g/mol. The summed E-state index contributed by atoms with van der Waals surface area (Å²) in [5.41, 5.74) is 1.10. The number of carbonyl (C=O) groups excluding carboxylic acids is 1. The van der Waals surface area contributed by atoms with Crippen LogP contribution in [0.4, 0.5) is 0 Å². The first kappa shape index (κ1) is 16.5. The lowest BCUT2D eigenvalue weighted by Crippen LogP contribution is -2.54. The molecular formula is C19H24ClNO2. The lowest BCUT2D eigenvalue weighted by Gasteiger charge is -2.45. The summed E-state index contributed by atoms with van der Waals surface area (Å²) in [5, 5.41) is 0.713. The van der Waals surface area contributed by atoms with Crippen LogP contribution in [-0.2, 0) is 9.53 Å². The van der Waals surface area contributed by atoms with E-state index in [1.807, 2.05) is 24.3 Å². The van der Waals surface area contributed by atoms with Gasteiger partial charge >= 0.3 is 0 Å². The number of nitrogens with zero attached hydrogens (tertiary/aromatic N) is 1. The van der Waals surface area contributed by atoms with Crippen LogP contribution >= 0.6 is 11.6 Å². The van der Waals surface area contributed by atoms with Gasteiger partial charge in [-0.05, 0) is 30.5 Å². The third-order valence-electron chi connectivity index (χ3n) is 4.92. The smallest absolute Gasteiger partial charge is 0.252 e. The average molecular weight is 334 g/mol. The average Bonchev–Trinajstić information content (AvgIpc) is 2.58. The molecule has 23 heavy (non-hydrogen) atoms. The number of carbonyl (C=O) groups is 1. The number of morpholine rings is 1. The molecule has 0 aromatic heterocycles. The van der Waals surface area contributed by atoms with Gasteiger partial charge < -0.3 is 9.64 Å². The molecule has 1 aromatic carbocycles. The lowest BCUT2D eigenvalue weighted by molar-refractivity contribution is -0.165. The first-order valence-electron chi connectivity index (χ1n) is 8.51. The van der Waals surface area contributed by atoms with Crippen molar-refractivity contribution >= 4 is 17.5 Å². The Hall–Kier alpha value is -1.32. The highest BCUT2D eigenvalue weighted by molar-refractivity contribution is 6.30. The molecule has 0 spiro atoms. The molecule has 1 amide bonds. The second kappa shape index (κ2) is 7.50. The van der Waals surface area contributed by atoms with E-state index < -0.39 is 0 Å². The van der Waals surface area contributed by atoms with Crippen molar-refractivity contribution in [2.75, 3.05) is 6.61 Å². The molecule has 4 heteroatoms. The van der Waals surface area contributed by atoms with E-state index in [-0.39, 0.29) is 18.1 Å². The zero-order valence-corrected chi connectivity index (χ0v) is 14.2. The first-order chi connectivity index (χ1) is 11.2. The predicted molar refractivity (Wildman–Crippen MR) is 92.5 cm³/mol. The van der Waals surface area contributed by atoms with E-state index in [9.17, 15) is 4.79 Å². The number of halogens is 1. The van der Waals surface area contributed by atoms with Crippen molar-refractivity contribution in [3.8, 4) is 0 Å². The Balaban J connectivity index is 1.88. The number of rotatable bonds is 4. The van der Waals surface area contributed by atoms with Crippen LogP contribution in [0.25, 0.3) is 0 Å². The second-order valence-electron chi connectivity index (χ2n) is 6.45. The van der Waals surface area contributed by atoms with Crippen molar-refractivity contribution in [1.29, 1.82) is 0 Å². The van der Waals surface area contributed by atoms with Crippen molar-refractivity contribution in [1.82, 2.24) is 4.90 Å². The SMILES string of the molecule is C=CCC1OCC(c2ccc(Cl)cc2)N(C2CCCCC2)C1=O. The molecule has 1 aromatic rings. The van der Waals surface area contributed by atoms with Crippen molar-refractivity contribution in [2.24, 2.45) is 0 Å². The van der Waals surface area contributed by atoms with Gasteiger partial charge in [0.25, 0.3) is 5.91 Å². The minimum Gasteiger partial charge on any atom is -0.366 e. The molecule has 0 bridgehead atoms. The van der Waals surface area contributed by atoms with Gasteiger partial charge in [-0.3, -0.25) is 4.79 Å². The Morgan fingerprint density at radius 1 is 1.22 bits per heavy atom. The molecule has 1 aliphatic carbocycles. The fourth-order valence-electron chi connectivity index (χ4n) is 3.73. The molecule has 0 N–H and O–H groups in total. The maximum atomic E-state index is 13.0. The van der Waals surface area contributed by atoms with Gasteiger partial charge in [-0.15, -0.1) is 6.58 Å². The van der Waals surface area contributed by atoms with Gasteiger partial charge in [0.15, 0.2) is 0 Å². The molecule has 3 nitrogen and oxygen atoms in total. The fraction of sp³-hybridized carbons (Fsp3) is 0.526. The van der Waals surface area contributed by atoms with Crippen LogP contribution in [0.5, 0.6) is 0 Å². The number of ether oxygens (including phenoxy) is 1. The first-order valence-corrected chi connectivity index (χ1v) is 8.88. The highest BCUT2D eigenvalue weighted by Crippen LogP contribution is 2.35. The number of benzene rings is 1. The van der Waals surface area contributed by atoms with E-state index in [0.717, 1.165) is 18.4 Å². The maximum Gasteiger partial charge on any atom is 0.252 e. The van der Waals surface area contributed by atoms with E-state index in [4.69, 9.17) is 16.3 Å². The van der Waals surface area contributed by atoms with Crippen LogP contribution in [0.2, 0.25) is 5.02 Å². The third-order valence-corrected chi connectivity index (χ3v) is 5.18. The quantitative estimate of drug-likeness (QED) is 0.758. The van der Waals surface area contributed by atoms with Crippen LogP contribution in [0.3, 0.4) is 0 Å². The van der Waals surface area contributed by atoms with Crippen molar-refractivity contribution < 1.29 is 9.53 Å². The topological polar surface area (TPSA) is 29.5 Å². The molecule has 3 rings (SSSR count). The van der Waals surface area contributed by atoms with Gasteiger partial charge in [0.1, 0.15) is 6.10 Å². The van der Waals surface area contributed by atoms with E-state index >= 15 is 0 Å². The van der Waals surface area contributed by atoms with E-state index in [1.165, 1.54) is 19.3 Å². The van der Waals surface area contributed by atoms with Crippen molar-refractivity contribution in [2.45, 2.75) is 56.7 Å². The summed E-state index contributed by atoms with van der Waals surface area (Å²) in [7, 11) is 0. The number of hydrogen-bond acceptors (Lipinski definition) is 2. The van der Waals surface area contributed by atoms with Gasteiger partial charge in [-0.1, -0.05) is 49.1 Å². The third kappa shape index (κ3) is 3.61. The van der Waals surface area contributed by atoms with E-state index in [0.29, 0.717) is 24.1 Å². The molecule has 2 fully saturated rings. The van der Waals surface area contributed by atoms with E-state index in [2.05, 4.69) is 11.5 Å². The van der Waals surface area contributed by atoms with Gasteiger partial charge in [-0.25, -0.2) is 0 Å². The van der Waals surface area contributed by atoms with Gasteiger partial charge in [0.05, 0.1) is 12.6 Å². The minimum atomic E-state index is -0.377. The second-order valence-corrected chi connectivity index (χ2v) is 6.89. The molecule has 2 unspecified atom stereocenters. The van der Waals surface area contributed by atoms with Crippen molar-refractivity contribution in [3.05, 3.63) is 47.5 Å². The minimum absolute atomic E-state index is 0.0102. The summed E-state index contributed by atoms with van der Waals surface area (Å²) in [6.45, 7) is 4.29. The van der Waals surface area contributed by atoms with Crippen LogP contribution in [0.15, 0.2) is 36.9 Å². The molecule has 0 radical (unpaired) electrons. The maximum absolute atomic E-state index is 13.0. The Labute approximate surface area is 143 Å². The Bertz CT molecular complexity index is 551.